The number of aliphatic imine (C=N–C) groups is 1. The Labute approximate surface area is 550 Å². The highest BCUT2D eigenvalue weighted by atomic mass is 16.4. The first kappa shape index (κ1) is 74.3. The molecule has 2 aliphatic heterocycles. The molecule has 8 amide bonds. The predicted molar refractivity (Wildman–Crippen MR) is 352 cm³/mol. The molecule has 4 aromatic carbocycles. The van der Waals surface area contributed by atoms with E-state index in [1.165, 1.54) is 36.2 Å². The minimum absolute atomic E-state index is 0.00758. The lowest BCUT2D eigenvalue weighted by Gasteiger charge is -2.32. The summed E-state index contributed by atoms with van der Waals surface area (Å²) in [6.45, 7) is 0.936. The Hall–Kier alpha value is -9.78. The number of carbonyl (C=O) groups is 11. The summed E-state index contributed by atoms with van der Waals surface area (Å²) >= 11 is 0. The van der Waals surface area contributed by atoms with Crippen molar-refractivity contribution in [3.8, 4) is 5.75 Å². The monoisotopic (exact) mass is 1320 g/mol. The van der Waals surface area contributed by atoms with Gasteiger partial charge in [0.2, 0.25) is 41.4 Å². The molecule has 15 N–H and O–H groups in total. The van der Waals surface area contributed by atoms with E-state index in [-0.39, 0.29) is 172 Å². The van der Waals surface area contributed by atoms with Gasteiger partial charge >= 0.3 is 17.9 Å². The summed E-state index contributed by atoms with van der Waals surface area (Å²) in [5, 5.41) is 59.9. The number of likely N-dealkylation sites (N-methyl/N-ethyl adjacent to an activating group) is 1. The fourth-order valence-electron chi connectivity index (χ4n) is 11.0. The number of carboxylic acids is 3. The summed E-state index contributed by atoms with van der Waals surface area (Å²) < 4.78 is 0. The molecular formula is C65H89N15O15. The van der Waals surface area contributed by atoms with Crippen molar-refractivity contribution < 1.29 is 73.2 Å². The molecule has 0 saturated carbocycles. The zero-order chi connectivity index (χ0) is 68.8. The number of rotatable bonds is 28. The lowest BCUT2D eigenvalue weighted by molar-refractivity contribution is -0.142. The fourth-order valence-corrected chi connectivity index (χ4v) is 11.0. The molecule has 2 saturated heterocycles. The molecule has 6 rings (SSSR count). The second-order valence-electron chi connectivity index (χ2n) is 23.6. The third kappa shape index (κ3) is 26.6. The summed E-state index contributed by atoms with van der Waals surface area (Å²) in [7, 11) is 1.39. The molecule has 2 fully saturated rings. The zero-order valence-corrected chi connectivity index (χ0v) is 53.5. The molecule has 514 valence electrons. The number of aryl methyl sites for hydroxylation is 1. The van der Waals surface area contributed by atoms with Crippen molar-refractivity contribution in [3.05, 3.63) is 108 Å². The Kier molecular flexibility index (Phi) is 30.0. The number of carbonyl (C=O) groups excluding carboxylic acids is 8. The maximum absolute atomic E-state index is 14.7. The van der Waals surface area contributed by atoms with E-state index in [9.17, 15) is 73.2 Å². The number of nitrogens with one attached hydrogen (secondary N) is 7. The lowest BCUT2D eigenvalue weighted by Crippen LogP contribution is -2.58. The molecule has 30 heteroatoms. The van der Waals surface area contributed by atoms with Gasteiger partial charge in [0.05, 0.1) is 32.7 Å². The van der Waals surface area contributed by atoms with Crippen LogP contribution in [0.5, 0.6) is 5.75 Å². The molecule has 0 aromatic heterocycles. The van der Waals surface area contributed by atoms with Gasteiger partial charge in [-0.15, -0.1) is 0 Å². The summed E-state index contributed by atoms with van der Waals surface area (Å²) in [4.78, 5) is 158. The summed E-state index contributed by atoms with van der Waals surface area (Å²) in [5.41, 5.74) is 13.3. The predicted octanol–water partition coefficient (Wildman–Crippen LogP) is -0.904. The molecule has 0 aliphatic carbocycles. The number of benzene rings is 4. The minimum Gasteiger partial charge on any atom is -0.508 e. The van der Waals surface area contributed by atoms with E-state index in [1.54, 1.807) is 39.0 Å². The van der Waals surface area contributed by atoms with Gasteiger partial charge in [-0.2, -0.15) is 0 Å². The molecule has 4 aromatic rings. The second kappa shape index (κ2) is 38.4. The van der Waals surface area contributed by atoms with Crippen molar-refractivity contribution in [2.45, 2.75) is 88.4 Å². The van der Waals surface area contributed by atoms with Crippen LogP contribution >= 0.6 is 0 Å². The lowest BCUT2D eigenvalue weighted by atomic mass is 10.0. The highest BCUT2D eigenvalue weighted by Gasteiger charge is 2.36. The number of guanidine groups is 1. The van der Waals surface area contributed by atoms with Crippen molar-refractivity contribution in [2.24, 2.45) is 16.5 Å². The highest BCUT2D eigenvalue weighted by molar-refractivity contribution is 5.98. The van der Waals surface area contributed by atoms with E-state index >= 15 is 0 Å². The van der Waals surface area contributed by atoms with E-state index in [1.807, 2.05) is 47.4 Å². The molecule has 4 atom stereocenters. The quantitative estimate of drug-likeness (QED) is 0.0186. The number of amides is 8. The number of phenolic OH excluding ortho intramolecular Hbond substituents is 1. The second-order valence-corrected chi connectivity index (χ2v) is 23.6. The van der Waals surface area contributed by atoms with Crippen LogP contribution in [-0.2, 0) is 60.8 Å². The van der Waals surface area contributed by atoms with Crippen LogP contribution in [0.2, 0.25) is 0 Å². The molecule has 2 heterocycles. The molecule has 0 unspecified atom stereocenters. The number of nitrogens with two attached hydrogens (primary N) is 2. The largest absolute Gasteiger partial charge is 0.508 e. The average Bonchev–Trinajstić information content (AvgIpc) is 1.59. The highest BCUT2D eigenvalue weighted by Crippen LogP contribution is 2.20. The number of hydrogen-bond acceptors (Lipinski definition) is 17. The van der Waals surface area contributed by atoms with Gasteiger partial charge in [-0.25, -0.2) is 0 Å². The molecular weight excluding hydrogens is 1230 g/mol. The van der Waals surface area contributed by atoms with Crippen LogP contribution in [0.3, 0.4) is 0 Å². The van der Waals surface area contributed by atoms with E-state index in [0.29, 0.717) is 30.5 Å². The van der Waals surface area contributed by atoms with Crippen LogP contribution in [0.15, 0.2) is 96.0 Å². The number of aromatic hydroxyl groups is 1. The van der Waals surface area contributed by atoms with Gasteiger partial charge in [-0.05, 0) is 110 Å². The van der Waals surface area contributed by atoms with Crippen LogP contribution in [0.4, 0.5) is 5.69 Å². The first-order chi connectivity index (χ1) is 45.5. The van der Waals surface area contributed by atoms with Crippen LogP contribution in [0.1, 0.15) is 72.9 Å². The number of anilines is 1. The van der Waals surface area contributed by atoms with Crippen LogP contribution in [0.25, 0.3) is 10.8 Å². The van der Waals surface area contributed by atoms with Crippen molar-refractivity contribution in [2.75, 3.05) is 117 Å². The van der Waals surface area contributed by atoms with Gasteiger partial charge in [0.1, 0.15) is 29.9 Å². The van der Waals surface area contributed by atoms with Crippen molar-refractivity contribution in [1.82, 2.24) is 56.4 Å². The van der Waals surface area contributed by atoms with Crippen LogP contribution < -0.4 is 48.7 Å². The number of unbranched alkanes of at least 4 members (excludes halogenated alkanes) is 1. The Bertz CT molecular complexity index is 3280. The van der Waals surface area contributed by atoms with Crippen molar-refractivity contribution in [1.29, 1.82) is 0 Å². The Morgan fingerprint density at radius 2 is 1.13 bits per heavy atom. The molecule has 0 spiro atoms. The van der Waals surface area contributed by atoms with Crippen LogP contribution in [-0.4, -0.2) is 252 Å². The number of aliphatic carboxylic acids is 3. The average molecular weight is 1320 g/mol. The van der Waals surface area contributed by atoms with Gasteiger partial charge in [-0.3, -0.25) is 77.3 Å². The fraction of sp³-hybridized carbons (Fsp3) is 0.477. The number of carboxylic acid groups (broad SMARTS) is 3. The summed E-state index contributed by atoms with van der Waals surface area (Å²) in [5.74, 6) is -8.06. The molecule has 2 aliphatic rings. The first-order valence-electron chi connectivity index (χ1n) is 31.7. The molecule has 0 radical (unpaired) electrons. The Balaban J connectivity index is 1.04. The Morgan fingerprint density at radius 3 is 1.73 bits per heavy atom. The topological polar surface area (TPSA) is 434 Å². The van der Waals surface area contributed by atoms with E-state index in [4.69, 9.17) is 11.5 Å². The molecule has 0 bridgehead atoms. The van der Waals surface area contributed by atoms with Gasteiger partial charge in [0.25, 0.3) is 5.91 Å². The van der Waals surface area contributed by atoms with Crippen molar-refractivity contribution >= 4 is 87.6 Å². The molecule has 95 heavy (non-hydrogen) atoms. The minimum atomic E-state index is -1.28. The number of phenols is 1. The molecule has 30 nitrogen and oxygen atoms in total. The first-order valence-corrected chi connectivity index (χ1v) is 31.7. The third-order valence-electron chi connectivity index (χ3n) is 16.2. The Morgan fingerprint density at radius 1 is 0.568 bits per heavy atom. The van der Waals surface area contributed by atoms with E-state index < -0.39 is 84.1 Å². The maximum atomic E-state index is 14.7. The number of nitrogens with zero attached hydrogens (tertiary/aromatic N) is 6. The standard InChI is InChI=1S/C65H89N15O15/c1-76-53(11-7-26-69-60(91)46-18-20-48(21-19-46)72-54(82)12-4-5-25-68-56(84)39-77-28-30-78(40-57(85)86)32-34-80(42-59(89)90)35-33-79(31-29-77)41-58(87)88)63(94)75-50(10-6-27-70-65(66)67)62(93)74-51(24-16-43-13-17-45-8-2-3-9-47(45)36-43)61(92)71-38-55(83)73-52(64(76)95)37-44-14-22-49(81)23-15-44/h2-3,8-9,13-15,17-23,36,50-53,81H,4-7,10-12,16,24-35,37-42H2,1H3,(H,68,84)(H,69,91)(H,71,92)(H,72,82)(H,73,83)(H,74,93)(H,75,94)(H,85,86)(H,87,88)(H,89,90)(H4,66,67,70)/t50-,51-,52+,53+/m0/s1. The van der Waals surface area contributed by atoms with Crippen LogP contribution in [0, 0.1) is 0 Å². The van der Waals surface area contributed by atoms with Gasteiger partial charge in [-0.1, -0.05) is 54.6 Å². The van der Waals surface area contributed by atoms with E-state index in [0.717, 1.165) is 16.3 Å². The van der Waals surface area contributed by atoms with E-state index in [2.05, 4.69) is 42.2 Å². The van der Waals surface area contributed by atoms with Gasteiger partial charge < -0.3 is 74.0 Å². The van der Waals surface area contributed by atoms with Gasteiger partial charge in [0, 0.05) is 103 Å². The van der Waals surface area contributed by atoms with Crippen molar-refractivity contribution in [3.63, 3.8) is 0 Å². The zero-order valence-electron chi connectivity index (χ0n) is 53.5. The number of fused-ring (bicyclic) bond motifs is 1. The number of hydrogen-bond donors (Lipinski definition) is 13. The SMILES string of the molecule is CN1C(=O)[C@@H](Cc2ccc(O)cc2)NC(=O)CNC(=O)[C@H](CCc2ccc3ccccc3c2)NC(=O)[C@H](CCCN=C(N)N)NC(=O)[C@H]1CCCNC(=O)c1ccc(NC(=O)CCCCNC(=O)CN2CCN(CC(=O)O)CCN(CC(=O)O)CCN(CC(=O)O)CC2)cc1. The summed E-state index contributed by atoms with van der Waals surface area (Å²) in [6.07, 6.45) is 1.66. The normalized spacial score (nSPS) is 18.8. The van der Waals surface area contributed by atoms with Gasteiger partial charge in [0.15, 0.2) is 5.96 Å². The summed E-state index contributed by atoms with van der Waals surface area (Å²) in [6, 6.07) is 20.8. The smallest absolute Gasteiger partial charge is 0.317 e. The third-order valence-corrected chi connectivity index (χ3v) is 16.2. The maximum Gasteiger partial charge on any atom is 0.317 e.